The Balaban J connectivity index is 1.74. The molecule has 2 atom stereocenters. The Morgan fingerprint density at radius 3 is 2.73 bits per heavy atom. The second-order valence-corrected chi connectivity index (χ2v) is 6.08. The van der Waals surface area contributed by atoms with Gasteiger partial charge < -0.3 is 9.64 Å². The Morgan fingerprint density at radius 2 is 2.05 bits per heavy atom. The molecule has 2 heterocycles. The zero-order valence-corrected chi connectivity index (χ0v) is 13.1. The fourth-order valence-electron chi connectivity index (χ4n) is 3.56. The van der Waals surface area contributed by atoms with Gasteiger partial charge in [0, 0.05) is 31.5 Å². The molecule has 3 rings (SSSR count). The molecule has 22 heavy (non-hydrogen) atoms. The summed E-state index contributed by atoms with van der Waals surface area (Å²) in [5, 5.41) is 0. The van der Waals surface area contributed by atoms with Crippen molar-refractivity contribution in [3.8, 4) is 0 Å². The average molecular weight is 300 g/mol. The first kappa shape index (κ1) is 15.2. The molecule has 0 saturated carbocycles. The first-order valence-electron chi connectivity index (χ1n) is 8.25. The first-order valence-corrected chi connectivity index (χ1v) is 8.25. The molecule has 0 N–H and O–H groups in total. The van der Waals surface area contributed by atoms with E-state index in [4.69, 9.17) is 4.74 Å². The number of pyridine rings is 1. The van der Waals surface area contributed by atoms with E-state index in [0.717, 1.165) is 32.2 Å². The summed E-state index contributed by atoms with van der Waals surface area (Å²) in [6.45, 7) is 3.54. The molecule has 0 bridgehead atoms. The van der Waals surface area contributed by atoms with Gasteiger partial charge in [-0.2, -0.15) is 0 Å². The number of allylic oxidation sites excluding steroid dienone is 2. The van der Waals surface area contributed by atoms with Gasteiger partial charge in [0.25, 0.3) is 0 Å². The summed E-state index contributed by atoms with van der Waals surface area (Å²) in [6.07, 6.45) is 11.6. The van der Waals surface area contributed by atoms with Crippen LogP contribution in [0.4, 0.5) is 0 Å². The molecule has 4 heteroatoms. The third-order valence-corrected chi connectivity index (χ3v) is 4.70. The number of carbonyl (C=O) groups excluding carboxylic acids is 1. The lowest BCUT2D eigenvalue weighted by molar-refractivity contribution is -0.137. The minimum Gasteiger partial charge on any atom is -0.376 e. The molecule has 0 aromatic carbocycles. The van der Waals surface area contributed by atoms with Crippen LogP contribution in [-0.2, 0) is 16.0 Å². The quantitative estimate of drug-likeness (QED) is 0.785. The summed E-state index contributed by atoms with van der Waals surface area (Å²) in [5.74, 6) is 0.437. The number of likely N-dealkylation sites (tertiary alicyclic amines) is 1. The number of amides is 1. The van der Waals surface area contributed by atoms with Crippen LogP contribution in [0.25, 0.3) is 0 Å². The van der Waals surface area contributed by atoms with Gasteiger partial charge in [0.05, 0.1) is 12.1 Å². The van der Waals surface area contributed by atoms with Crippen molar-refractivity contribution in [3.05, 3.63) is 42.2 Å². The predicted molar refractivity (Wildman–Crippen MR) is 85.3 cm³/mol. The highest BCUT2D eigenvalue weighted by molar-refractivity contribution is 5.80. The number of hydrogen-bond donors (Lipinski definition) is 0. The molecule has 4 nitrogen and oxygen atoms in total. The van der Waals surface area contributed by atoms with Crippen LogP contribution in [0.2, 0.25) is 0 Å². The number of ether oxygens (including phenoxy) is 1. The van der Waals surface area contributed by atoms with Crippen molar-refractivity contribution in [1.29, 1.82) is 0 Å². The molecule has 1 amide bonds. The zero-order valence-electron chi connectivity index (χ0n) is 13.1. The van der Waals surface area contributed by atoms with Crippen LogP contribution in [0.1, 0.15) is 31.7 Å². The summed E-state index contributed by atoms with van der Waals surface area (Å²) in [7, 11) is 0. The molecular formula is C18H24N2O2. The minimum absolute atomic E-state index is 0.139. The maximum absolute atomic E-state index is 12.8. The molecule has 1 aliphatic carbocycles. The summed E-state index contributed by atoms with van der Waals surface area (Å²) in [5.41, 5.74) is 1.22. The van der Waals surface area contributed by atoms with E-state index >= 15 is 0 Å². The second kappa shape index (κ2) is 7.05. The Labute approximate surface area is 132 Å². The van der Waals surface area contributed by atoms with Crippen molar-refractivity contribution in [3.63, 3.8) is 0 Å². The molecule has 1 fully saturated rings. The van der Waals surface area contributed by atoms with E-state index in [-0.39, 0.29) is 18.1 Å². The lowest BCUT2D eigenvalue weighted by Gasteiger charge is -2.30. The van der Waals surface area contributed by atoms with Gasteiger partial charge in [0.15, 0.2) is 0 Å². The molecular weight excluding hydrogens is 276 g/mol. The maximum atomic E-state index is 12.8. The number of carbonyl (C=O) groups is 1. The highest BCUT2D eigenvalue weighted by Crippen LogP contribution is 2.29. The predicted octanol–water partition coefficient (Wildman–Crippen LogP) is 2.60. The summed E-state index contributed by atoms with van der Waals surface area (Å²) in [6, 6.07) is 4.21. The normalized spacial score (nSPS) is 25.0. The smallest absolute Gasteiger partial charge is 0.226 e. The lowest BCUT2D eigenvalue weighted by atomic mass is 10.0. The number of nitrogens with zero attached hydrogens (tertiary/aromatic N) is 2. The van der Waals surface area contributed by atoms with E-state index in [1.165, 1.54) is 5.56 Å². The van der Waals surface area contributed by atoms with E-state index in [1.54, 1.807) is 0 Å². The number of rotatable bonds is 5. The molecule has 1 aliphatic heterocycles. The summed E-state index contributed by atoms with van der Waals surface area (Å²) < 4.78 is 5.91. The van der Waals surface area contributed by atoms with Crippen LogP contribution in [0, 0.1) is 5.92 Å². The highest BCUT2D eigenvalue weighted by atomic mass is 16.5. The maximum Gasteiger partial charge on any atom is 0.226 e. The second-order valence-electron chi connectivity index (χ2n) is 6.08. The molecule has 0 radical (unpaired) electrons. The van der Waals surface area contributed by atoms with E-state index in [9.17, 15) is 4.79 Å². The zero-order chi connectivity index (χ0) is 15.4. The van der Waals surface area contributed by atoms with Crippen LogP contribution in [0.15, 0.2) is 36.7 Å². The fraction of sp³-hybridized carbons (Fsp3) is 0.556. The van der Waals surface area contributed by atoms with Crippen LogP contribution < -0.4 is 0 Å². The Morgan fingerprint density at radius 1 is 1.32 bits per heavy atom. The molecule has 2 aliphatic rings. The average Bonchev–Trinajstić information content (AvgIpc) is 3.19. The fourth-order valence-corrected chi connectivity index (χ4v) is 3.56. The topological polar surface area (TPSA) is 42.4 Å². The third kappa shape index (κ3) is 3.22. The molecule has 1 aromatic rings. The van der Waals surface area contributed by atoms with Crippen molar-refractivity contribution in [1.82, 2.24) is 9.88 Å². The van der Waals surface area contributed by atoms with Gasteiger partial charge >= 0.3 is 0 Å². The van der Waals surface area contributed by atoms with Crippen molar-refractivity contribution < 1.29 is 9.53 Å². The Hall–Kier alpha value is -1.68. The summed E-state index contributed by atoms with van der Waals surface area (Å²) in [4.78, 5) is 19.0. The highest BCUT2D eigenvalue weighted by Gasteiger charge is 2.39. The number of hydrogen-bond acceptors (Lipinski definition) is 3. The molecule has 1 aromatic heterocycles. The van der Waals surface area contributed by atoms with Gasteiger partial charge in [0.2, 0.25) is 5.91 Å². The van der Waals surface area contributed by atoms with E-state index in [1.807, 2.05) is 31.5 Å². The largest absolute Gasteiger partial charge is 0.376 e. The summed E-state index contributed by atoms with van der Waals surface area (Å²) >= 11 is 0. The van der Waals surface area contributed by atoms with Gasteiger partial charge in [-0.3, -0.25) is 9.78 Å². The van der Waals surface area contributed by atoms with E-state index in [0.29, 0.717) is 12.5 Å². The first-order chi connectivity index (χ1) is 10.8. The van der Waals surface area contributed by atoms with Crippen molar-refractivity contribution >= 4 is 5.91 Å². The van der Waals surface area contributed by atoms with Crippen LogP contribution in [0.3, 0.4) is 0 Å². The Kier molecular flexibility index (Phi) is 4.88. The monoisotopic (exact) mass is 300 g/mol. The van der Waals surface area contributed by atoms with Crippen molar-refractivity contribution in [2.45, 2.75) is 44.8 Å². The third-order valence-electron chi connectivity index (χ3n) is 4.70. The molecule has 0 spiro atoms. The lowest BCUT2D eigenvalue weighted by Crippen LogP contribution is -2.44. The van der Waals surface area contributed by atoms with Gasteiger partial charge in [0.1, 0.15) is 0 Å². The van der Waals surface area contributed by atoms with Gasteiger partial charge in [-0.1, -0.05) is 12.2 Å². The number of aromatic nitrogens is 1. The van der Waals surface area contributed by atoms with Gasteiger partial charge in [-0.05, 0) is 50.3 Å². The molecule has 118 valence electrons. The van der Waals surface area contributed by atoms with Crippen molar-refractivity contribution in [2.24, 2.45) is 5.92 Å². The SMILES string of the molecule is CCO[C@@H]1CCN(C(=O)C2CC=CC2)[C@@H]1Cc1ccncc1. The van der Waals surface area contributed by atoms with E-state index < -0.39 is 0 Å². The van der Waals surface area contributed by atoms with Gasteiger partial charge in [-0.25, -0.2) is 0 Å². The molecule has 1 saturated heterocycles. The van der Waals surface area contributed by atoms with Crippen LogP contribution in [0.5, 0.6) is 0 Å². The standard InChI is InChI=1S/C18H24N2O2/c1-2-22-17-9-12-20(18(21)15-5-3-4-6-15)16(17)13-14-7-10-19-11-8-14/h3-4,7-8,10-11,15-17H,2,5-6,9,12-13H2,1H3/t16-,17-/m1/s1. The minimum atomic E-state index is 0.139. The Bertz CT molecular complexity index is 521. The van der Waals surface area contributed by atoms with E-state index in [2.05, 4.69) is 22.0 Å². The van der Waals surface area contributed by atoms with Crippen LogP contribution >= 0.6 is 0 Å². The van der Waals surface area contributed by atoms with Gasteiger partial charge in [-0.15, -0.1) is 0 Å². The van der Waals surface area contributed by atoms with Crippen molar-refractivity contribution in [2.75, 3.05) is 13.2 Å². The molecule has 0 unspecified atom stereocenters. The van der Waals surface area contributed by atoms with Crippen LogP contribution in [-0.4, -0.2) is 41.1 Å².